The Bertz CT molecular complexity index is 706. The van der Waals surface area contributed by atoms with Crippen molar-refractivity contribution < 1.29 is 23.7 Å². The van der Waals surface area contributed by atoms with Gasteiger partial charge < -0.3 is 18.9 Å². The predicted octanol–water partition coefficient (Wildman–Crippen LogP) is 4.92. The van der Waals surface area contributed by atoms with Gasteiger partial charge in [0.05, 0.1) is 12.1 Å². The number of rotatable bonds is 4. The molecule has 0 heterocycles. The van der Waals surface area contributed by atoms with Crippen molar-refractivity contribution in [2.75, 3.05) is 21.3 Å². The second-order valence-corrected chi connectivity index (χ2v) is 5.82. The quantitative estimate of drug-likeness (QED) is 0.460. The van der Waals surface area contributed by atoms with Gasteiger partial charge in [0.1, 0.15) is 18.1 Å². The van der Waals surface area contributed by atoms with Gasteiger partial charge in [-0.15, -0.1) is 12.6 Å². The number of hydrogen-bond donors (Lipinski definition) is 1. The van der Waals surface area contributed by atoms with Crippen molar-refractivity contribution >= 4 is 30.4 Å². The molecule has 2 rings (SSSR count). The van der Waals surface area contributed by atoms with E-state index >= 15 is 0 Å². The van der Waals surface area contributed by atoms with E-state index in [9.17, 15) is 4.79 Å². The first-order valence-electron chi connectivity index (χ1n) is 7.28. The molecule has 2 aromatic carbocycles. The van der Waals surface area contributed by atoms with E-state index in [0.717, 1.165) is 11.1 Å². The van der Waals surface area contributed by atoms with E-state index < -0.39 is 6.16 Å². The highest BCUT2D eigenvalue weighted by Gasteiger charge is 2.11. The molecular weight excluding hydrogens is 364 g/mol. The molecule has 0 radical (unpaired) electrons. The zero-order valence-corrected chi connectivity index (χ0v) is 16.2. The van der Waals surface area contributed by atoms with E-state index in [1.54, 1.807) is 32.4 Å². The lowest BCUT2D eigenvalue weighted by atomic mass is 10.2. The number of benzene rings is 2. The van der Waals surface area contributed by atoms with Gasteiger partial charge in [-0.25, -0.2) is 4.79 Å². The Morgan fingerprint density at radius 1 is 1.12 bits per heavy atom. The highest BCUT2D eigenvalue weighted by molar-refractivity contribution is 7.80. The third-order valence-electron chi connectivity index (χ3n) is 2.96. The molecule has 7 heteroatoms. The number of carbonyl (C=O) groups excluding carboxylic acids is 1. The molecule has 25 heavy (non-hydrogen) atoms. The number of aryl methyl sites for hydroxylation is 1. The molecule has 0 aromatic heterocycles. The summed E-state index contributed by atoms with van der Waals surface area (Å²) in [6.07, 6.45) is -0.772. The predicted molar refractivity (Wildman–Crippen MR) is 100 cm³/mol. The maximum Gasteiger partial charge on any atom is 0.513 e. The number of methoxy groups -OCH3 is 2. The fourth-order valence-electron chi connectivity index (χ4n) is 1.81. The Kier molecular flexibility index (Phi) is 9.20. The molecule has 0 saturated carbocycles. The van der Waals surface area contributed by atoms with Crippen LogP contribution in [0.15, 0.2) is 41.3 Å². The van der Waals surface area contributed by atoms with Crippen molar-refractivity contribution in [2.45, 2.75) is 18.4 Å². The summed E-state index contributed by atoms with van der Waals surface area (Å²) >= 11 is 10.3. The van der Waals surface area contributed by atoms with Gasteiger partial charge in [0, 0.05) is 30.7 Å². The third-order valence-corrected chi connectivity index (χ3v) is 3.77. The van der Waals surface area contributed by atoms with E-state index in [1.807, 2.05) is 25.1 Å². The standard InChI is InChI=1S/C16H15ClO4S.C2H6O/c1-10-7-15(22)12(17)8-14(10)20-9-11-5-3-4-6-13(11)21-16(18)19-2;1-3-2/h3-8,22H,9H2,1-2H3;1-2H3. The van der Waals surface area contributed by atoms with Crippen molar-refractivity contribution in [3.63, 3.8) is 0 Å². The minimum Gasteiger partial charge on any atom is -0.488 e. The fraction of sp³-hybridized carbons (Fsp3) is 0.278. The monoisotopic (exact) mass is 384 g/mol. The average Bonchev–Trinajstić information content (AvgIpc) is 2.58. The maximum atomic E-state index is 11.2. The van der Waals surface area contributed by atoms with Crippen molar-refractivity contribution in [1.29, 1.82) is 0 Å². The van der Waals surface area contributed by atoms with Crippen LogP contribution in [0.2, 0.25) is 5.02 Å². The van der Waals surface area contributed by atoms with Crippen LogP contribution in [0, 0.1) is 6.92 Å². The second kappa shape index (κ2) is 10.9. The molecule has 2 aromatic rings. The molecule has 0 amide bonds. The lowest BCUT2D eigenvalue weighted by molar-refractivity contribution is 0.120. The van der Waals surface area contributed by atoms with Crippen LogP contribution in [0.3, 0.4) is 0 Å². The SMILES string of the molecule is COC.COC(=O)Oc1ccccc1COc1cc(Cl)c(S)cc1C. The van der Waals surface area contributed by atoms with E-state index in [-0.39, 0.29) is 6.61 Å². The molecule has 136 valence electrons. The van der Waals surface area contributed by atoms with Crippen LogP contribution in [0.4, 0.5) is 4.79 Å². The summed E-state index contributed by atoms with van der Waals surface area (Å²) in [5, 5.41) is 0.517. The summed E-state index contributed by atoms with van der Waals surface area (Å²) in [6, 6.07) is 10.6. The molecule has 0 aliphatic rings. The van der Waals surface area contributed by atoms with E-state index in [0.29, 0.717) is 21.4 Å². The number of carbonyl (C=O) groups is 1. The van der Waals surface area contributed by atoms with Gasteiger partial charge in [0.2, 0.25) is 0 Å². The molecule has 0 aliphatic heterocycles. The van der Waals surface area contributed by atoms with Crippen LogP contribution >= 0.6 is 24.2 Å². The van der Waals surface area contributed by atoms with Gasteiger partial charge in [-0.3, -0.25) is 0 Å². The van der Waals surface area contributed by atoms with Gasteiger partial charge in [0.25, 0.3) is 0 Å². The largest absolute Gasteiger partial charge is 0.513 e. The lowest BCUT2D eigenvalue weighted by Crippen LogP contribution is -2.09. The first-order chi connectivity index (χ1) is 11.9. The zero-order valence-electron chi connectivity index (χ0n) is 14.5. The summed E-state index contributed by atoms with van der Waals surface area (Å²) in [5.74, 6) is 1.04. The summed E-state index contributed by atoms with van der Waals surface area (Å²) in [4.78, 5) is 11.9. The van der Waals surface area contributed by atoms with Crippen LogP contribution in [-0.2, 0) is 16.1 Å². The summed E-state index contributed by atoms with van der Waals surface area (Å²) < 4.78 is 19.6. The molecule has 0 atom stereocenters. The molecule has 0 saturated heterocycles. The third kappa shape index (κ3) is 6.86. The highest BCUT2D eigenvalue weighted by atomic mass is 35.5. The smallest absolute Gasteiger partial charge is 0.488 e. The molecular formula is C18H21ClO5S. The van der Waals surface area contributed by atoms with Gasteiger partial charge in [-0.2, -0.15) is 0 Å². The van der Waals surface area contributed by atoms with Gasteiger partial charge >= 0.3 is 6.16 Å². The fourth-order valence-corrected chi connectivity index (χ4v) is 2.22. The van der Waals surface area contributed by atoms with Gasteiger partial charge in [-0.05, 0) is 24.6 Å². The number of halogens is 1. The molecule has 0 unspecified atom stereocenters. The molecule has 0 aliphatic carbocycles. The summed E-state index contributed by atoms with van der Waals surface area (Å²) in [7, 11) is 4.51. The zero-order chi connectivity index (χ0) is 18.8. The Morgan fingerprint density at radius 3 is 2.40 bits per heavy atom. The van der Waals surface area contributed by atoms with Crippen LogP contribution in [-0.4, -0.2) is 27.5 Å². The normalized spacial score (nSPS) is 9.68. The van der Waals surface area contributed by atoms with Crippen LogP contribution < -0.4 is 9.47 Å². The van der Waals surface area contributed by atoms with Crippen LogP contribution in [0.25, 0.3) is 0 Å². The second-order valence-electron chi connectivity index (χ2n) is 4.93. The Labute approximate surface area is 158 Å². The topological polar surface area (TPSA) is 54.0 Å². The van der Waals surface area contributed by atoms with E-state index in [2.05, 4.69) is 22.1 Å². The molecule has 5 nitrogen and oxygen atoms in total. The minimum absolute atomic E-state index is 0.232. The molecule has 0 bridgehead atoms. The average molecular weight is 385 g/mol. The minimum atomic E-state index is -0.772. The number of hydrogen-bond acceptors (Lipinski definition) is 6. The molecule has 0 N–H and O–H groups in total. The van der Waals surface area contributed by atoms with Crippen molar-refractivity contribution in [3.05, 3.63) is 52.5 Å². The molecule has 0 spiro atoms. The van der Waals surface area contributed by atoms with E-state index in [1.165, 1.54) is 7.11 Å². The first-order valence-corrected chi connectivity index (χ1v) is 8.11. The van der Waals surface area contributed by atoms with Crippen molar-refractivity contribution in [2.24, 2.45) is 0 Å². The van der Waals surface area contributed by atoms with Gasteiger partial charge in [-0.1, -0.05) is 29.8 Å². The number of thiol groups is 1. The van der Waals surface area contributed by atoms with Crippen molar-refractivity contribution in [1.82, 2.24) is 0 Å². The summed E-state index contributed by atoms with van der Waals surface area (Å²) in [5.41, 5.74) is 1.64. The van der Waals surface area contributed by atoms with E-state index in [4.69, 9.17) is 21.1 Å². The van der Waals surface area contributed by atoms with Crippen molar-refractivity contribution in [3.8, 4) is 11.5 Å². The Balaban J connectivity index is 0.000000970. The van der Waals surface area contributed by atoms with Crippen LogP contribution in [0.1, 0.15) is 11.1 Å². The Hall–Kier alpha value is -1.89. The summed E-state index contributed by atoms with van der Waals surface area (Å²) in [6.45, 7) is 2.14. The lowest BCUT2D eigenvalue weighted by Gasteiger charge is -2.13. The molecule has 0 fully saturated rings. The number of ether oxygens (including phenoxy) is 4. The van der Waals surface area contributed by atoms with Crippen LogP contribution in [0.5, 0.6) is 11.5 Å². The number of para-hydroxylation sites is 1. The Morgan fingerprint density at radius 2 is 1.76 bits per heavy atom. The highest BCUT2D eigenvalue weighted by Crippen LogP contribution is 2.30. The first kappa shape index (κ1) is 21.2. The maximum absolute atomic E-state index is 11.2. The van der Waals surface area contributed by atoms with Gasteiger partial charge in [0.15, 0.2) is 0 Å².